The third-order valence-electron chi connectivity index (χ3n) is 4.96. The maximum absolute atomic E-state index is 12.6. The number of nitrogens with one attached hydrogen (secondary N) is 1. The van der Waals surface area contributed by atoms with E-state index in [-0.39, 0.29) is 11.9 Å². The van der Waals surface area contributed by atoms with E-state index in [1.165, 1.54) is 5.56 Å². The van der Waals surface area contributed by atoms with E-state index in [9.17, 15) is 4.79 Å². The first-order valence-electron chi connectivity index (χ1n) is 9.23. The lowest BCUT2D eigenvalue weighted by Gasteiger charge is -2.30. The summed E-state index contributed by atoms with van der Waals surface area (Å²) in [5.41, 5.74) is 4.18. The van der Waals surface area contributed by atoms with Crippen LogP contribution in [-0.4, -0.2) is 37.6 Å². The Kier molecular flexibility index (Phi) is 7.22. The van der Waals surface area contributed by atoms with Gasteiger partial charge in [-0.2, -0.15) is 0 Å². The largest absolute Gasteiger partial charge is 0.497 e. The van der Waals surface area contributed by atoms with E-state index in [0.29, 0.717) is 12.1 Å². The molecule has 26 heavy (non-hydrogen) atoms. The molecule has 1 amide bonds. The second kappa shape index (κ2) is 9.39. The van der Waals surface area contributed by atoms with Gasteiger partial charge in [-0.05, 0) is 67.9 Å². The highest BCUT2D eigenvalue weighted by molar-refractivity contribution is 5.94. The van der Waals surface area contributed by atoms with Gasteiger partial charge in [0.1, 0.15) is 5.75 Å². The molecule has 0 aliphatic carbocycles. The van der Waals surface area contributed by atoms with Crippen molar-refractivity contribution < 1.29 is 9.53 Å². The first kappa shape index (κ1) is 20.0. The number of nitrogens with zero attached hydrogens (tertiary/aromatic N) is 1. The van der Waals surface area contributed by atoms with Crippen molar-refractivity contribution in [2.75, 3.05) is 26.7 Å². The average Bonchev–Trinajstić information content (AvgIpc) is 2.67. The monoisotopic (exact) mass is 354 g/mol. The summed E-state index contributed by atoms with van der Waals surface area (Å²) < 4.78 is 5.37. The number of methoxy groups -OCH3 is 1. The Bertz CT molecular complexity index is 739. The van der Waals surface area contributed by atoms with E-state index >= 15 is 0 Å². The molecular weight excluding hydrogens is 324 g/mol. The molecule has 2 aromatic rings. The van der Waals surface area contributed by atoms with Crippen LogP contribution in [0.25, 0.3) is 0 Å². The molecule has 1 N–H and O–H groups in total. The Hall–Kier alpha value is -2.33. The molecule has 0 fully saturated rings. The minimum atomic E-state index is -0.0341. The number of hydrogen-bond acceptors (Lipinski definition) is 3. The van der Waals surface area contributed by atoms with E-state index in [1.807, 2.05) is 43.3 Å². The molecule has 2 rings (SSSR count). The Morgan fingerprint density at radius 3 is 2.42 bits per heavy atom. The number of amides is 1. The van der Waals surface area contributed by atoms with Crippen LogP contribution in [-0.2, 0) is 0 Å². The molecule has 0 radical (unpaired) electrons. The van der Waals surface area contributed by atoms with Gasteiger partial charge in [0, 0.05) is 12.1 Å². The maximum atomic E-state index is 12.6. The molecule has 0 aliphatic heterocycles. The number of hydrogen-bond donors (Lipinski definition) is 1. The van der Waals surface area contributed by atoms with Crippen molar-refractivity contribution in [1.82, 2.24) is 10.2 Å². The highest BCUT2D eigenvalue weighted by Gasteiger charge is 2.20. The standard InChI is InChI=1S/C22H30N2O2/c1-6-24(7-2)21(18-9-8-10-20(14-18)26-5)15-23-22(25)19-12-11-16(3)17(4)13-19/h8-14,21H,6-7,15H2,1-5H3,(H,23,25). The van der Waals surface area contributed by atoms with Crippen molar-refractivity contribution >= 4 is 5.91 Å². The summed E-state index contributed by atoms with van der Waals surface area (Å²) in [6, 6.07) is 14.0. The fourth-order valence-corrected chi connectivity index (χ4v) is 3.15. The molecule has 0 saturated carbocycles. The molecule has 1 unspecified atom stereocenters. The van der Waals surface area contributed by atoms with Crippen LogP contribution in [0.1, 0.15) is 46.9 Å². The first-order valence-corrected chi connectivity index (χ1v) is 9.23. The van der Waals surface area contributed by atoms with E-state index in [2.05, 4.69) is 37.1 Å². The maximum Gasteiger partial charge on any atom is 0.251 e. The molecule has 2 aromatic carbocycles. The van der Waals surface area contributed by atoms with Crippen LogP contribution in [0.2, 0.25) is 0 Å². The number of ether oxygens (including phenoxy) is 1. The molecule has 0 heterocycles. The number of carbonyl (C=O) groups is 1. The fraction of sp³-hybridized carbons (Fsp3) is 0.409. The number of aryl methyl sites for hydroxylation is 2. The normalized spacial score (nSPS) is 12.1. The predicted molar refractivity (Wildman–Crippen MR) is 107 cm³/mol. The zero-order chi connectivity index (χ0) is 19.1. The van der Waals surface area contributed by atoms with Crippen LogP contribution in [0.5, 0.6) is 5.75 Å². The lowest BCUT2D eigenvalue weighted by Crippen LogP contribution is -2.38. The predicted octanol–water partition coefficient (Wildman–Crippen LogP) is 4.12. The van der Waals surface area contributed by atoms with E-state index in [1.54, 1.807) is 7.11 Å². The van der Waals surface area contributed by atoms with Crippen LogP contribution in [0.15, 0.2) is 42.5 Å². The quantitative estimate of drug-likeness (QED) is 0.775. The topological polar surface area (TPSA) is 41.6 Å². The molecule has 1 atom stereocenters. The Morgan fingerprint density at radius 2 is 1.81 bits per heavy atom. The third kappa shape index (κ3) is 4.85. The first-order chi connectivity index (χ1) is 12.5. The highest BCUT2D eigenvalue weighted by atomic mass is 16.5. The van der Waals surface area contributed by atoms with Crippen molar-refractivity contribution in [2.24, 2.45) is 0 Å². The average molecular weight is 354 g/mol. The lowest BCUT2D eigenvalue weighted by molar-refractivity contribution is 0.0935. The van der Waals surface area contributed by atoms with Crippen molar-refractivity contribution in [3.05, 3.63) is 64.7 Å². The van der Waals surface area contributed by atoms with Crippen LogP contribution < -0.4 is 10.1 Å². The number of carbonyl (C=O) groups excluding carboxylic acids is 1. The summed E-state index contributed by atoms with van der Waals surface area (Å²) in [5.74, 6) is 0.799. The van der Waals surface area contributed by atoms with Crippen LogP contribution >= 0.6 is 0 Å². The van der Waals surface area contributed by atoms with Gasteiger partial charge in [-0.1, -0.05) is 32.0 Å². The molecule has 0 aliphatic rings. The summed E-state index contributed by atoms with van der Waals surface area (Å²) in [6.07, 6.45) is 0. The zero-order valence-electron chi connectivity index (χ0n) is 16.5. The third-order valence-corrected chi connectivity index (χ3v) is 4.96. The van der Waals surface area contributed by atoms with Crippen molar-refractivity contribution in [2.45, 2.75) is 33.7 Å². The Morgan fingerprint density at radius 1 is 1.08 bits per heavy atom. The summed E-state index contributed by atoms with van der Waals surface area (Å²) >= 11 is 0. The van der Waals surface area contributed by atoms with Crippen molar-refractivity contribution in [3.8, 4) is 5.75 Å². The number of benzene rings is 2. The second-order valence-corrected chi connectivity index (χ2v) is 6.52. The summed E-state index contributed by atoms with van der Waals surface area (Å²) in [5, 5.41) is 3.11. The molecule has 140 valence electrons. The van der Waals surface area contributed by atoms with Crippen LogP contribution in [0.3, 0.4) is 0 Å². The van der Waals surface area contributed by atoms with Gasteiger partial charge in [-0.25, -0.2) is 0 Å². The van der Waals surface area contributed by atoms with Gasteiger partial charge in [-0.3, -0.25) is 9.69 Å². The minimum Gasteiger partial charge on any atom is -0.497 e. The van der Waals surface area contributed by atoms with Gasteiger partial charge in [0.05, 0.1) is 13.2 Å². The second-order valence-electron chi connectivity index (χ2n) is 6.52. The minimum absolute atomic E-state index is 0.0341. The van der Waals surface area contributed by atoms with Gasteiger partial charge in [-0.15, -0.1) is 0 Å². The zero-order valence-corrected chi connectivity index (χ0v) is 16.5. The van der Waals surface area contributed by atoms with Gasteiger partial charge >= 0.3 is 0 Å². The number of rotatable bonds is 8. The van der Waals surface area contributed by atoms with Gasteiger partial charge in [0.15, 0.2) is 0 Å². The molecule has 4 heteroatoms. The molecule has 0 saturated heterocycles. The van der Waals surface area contributed by atoms with Crippen LogP contribution in [0, 0.1) is 13.8 Å². The lowest BCUT2D eigenvalue weighted by atomic mass is 10.0. The molecular formula is C22H30N2O2. The molecule has 4 nitrogen and oxygen atoms in total. The van der Waals surface area contributed by atoms with Gasteiger partial charge in [0.2, 0.25) is 0 Å². The SMILES string of the molecule is CCN(CC)C(CNC(=O)c1ccc(C)c(C)c1)c1cccc(OC)c1. The highest BCUT2D eigenvalue weighted by Crippen LogP contribution is 2.24. The summed E-state index contributed by atoms with van der Waals surface area (Å²) in [7, 11) is 1.67. The molecule has 0 spiro atoms. The Balaban J connectivity index is 2.18. The number of likely N-dealkylation sites (N-methyl/N-ethyl adjacent to an activating group) is 1. The van der Waals surface area contributed by atoms with Crippen LogP contribution in [0.4, 0.5) is 0 Å². The fourth-order valence-electron chi connectivity index (χ4n) is 3.15. The van der Waals surface area contributed by atoms with Gasteiger partial charge < -0.3 is 10.1 Å². The van der Waals surface area contributed by atoms with Crippen molar-refractivity contribution in [3.63, 3.8) is 0 Å². The molecule has 0 bridgehead atoms. The van der Waals surface area contributed by atoms with Gasteiger partial charge in [0.25, 0.3) is 5.91 Å². The van der Waals surface area contributed by atoms with Crippen molar-refractivity contribution in [1.29, 1.82) is 0 Å². The van der Waals surface area contributed by atoms with E-state index < -0.39 is 0 Å². The molecule has 0 aromatic heterocycles. The van der Waals surface area contributed by atoms with E-state index in [0.717, 1.165) is 30.0 Å². The summed E-state index contributed by atoms with van der Waals surface area (Å²) in [4.78, 5) is 15.0. The van der Waals surface area contributed by atoms with E-state index in [4.69, 9.17) is 4.74 Å². The summed E-state index contributed by atoms with van der Waals surface area (Å²) in [6.45, 7) is 10.7. The Labute approximate surface area is 157 Å². The smallest absolute Gasteiger partial charge is 0.251 e.